The van der Waals surface area contributed by atoms with E-state index in [-0.39, 0.29) is 11.5 Å². The van der Waals surface area contributed by atoms with E-state index in [1.54, 1.807) is 7.05 Å². The summed E-state index contributed by atoms with van der Waals surface area (Å²) < 4.78 is 21.8. The van der Waals surface area contributed by atoms with Crippen LogP contribution in [0.2, 0.25) is 0 Å². The number of nitrogens with zero attached hydrogens (tertiary/aromatic N) is 4. The number of ether oxygens (including phenoxy) is 1. The molecule has 13 heteroatoms. The predicted octanol–water partition coefficient (Wildman–Crippen LogP) is -1.79. The second-order valence-electron chi connectivity index (χ2n) is 5.48. The summed E-state index contributed by atoms with van der Waals surface area (Å²) in [5.41, 5.74) is 0.250. The molecule has 5 atom stereocenters. The van der Waals surface area contributed by atoms with Gasteiger partial charge in [0.25, 0.3) is 0 Å². The minimum Gasteiger partial charge on any atom is -0.387 e. The fraction of sp³-hybridized carbons (Fsp3) is 0.636. The number of aliphatic hydroxyl groups excluding tert-OH is 3. The number of hydrogen-bond donors (Lipinski definition) is 5. The number of aliphatic imine (C=N–C) groups is 1. The fourth-order valence-corrected chi connectivity index (χ4v) is 2.88. The number of phosphoric ester groups is 1. The Balaban J connectivity index is 1.81. The second-order valence-corrected chi connectivity index (χ2v) is 6.72. The van der Waals surface area contributed by atoms with E-state index in [9.17, 15) is 19.9 Å². The number of rotatable bonds is 4. The minimum absolute atomic E-state index is 0.244. The third-order valence-corrected chi connectivity index (χ3v) is 4.29. The first-order valence-electron chi connectivity index (χ1n) is 6.91. The number of fused-ring (bicyclic) bond motifs is 1. The van der Waals surface area contributed by atoms with Crippen molar-refractivity contribution in [3.63, 3.8) is 0 Å². The SMILES string of the molecule is CN1C=Nc2c(ncn2[C@@H]2O[C@H](COP(=O)(O)O)C(O)C2O)C1O. The highest BCUT2D eigenvalue weighted by Crippen LogP contribution is 2.40. The second kappa shape index (κ2) is 6.17. The Kier molecular flexibility index (Phi) is 4.49. The van der Waals surface area contributed by atoms with Crippen molar-refractivity contribution in [2.45, 2.75) is 30.8 Å². The van der Waals surface area contributed by atoms with Crippen LogP contribution in [-0.2, 0) is 13.8 Å². The Hall–Kier alpha value is -1.37. The molecule has 1 fully saturated rings. The molecule has 1 aromatic rings. The maximum atomic E-state index is 10.8. The van der Waals surface area contributed by atoms with Crippen LogP contribution in [0.1, 0.15) is 18.1 Å². The molecule has 0 spiro atoms. The lowest BCUT2D eigenvalue weighted by Crippen LogP contribution is -2.33. The molecule has 3 rings (SSSR count). The van der Waals surface area contributed by atoms with Crippen LogP contribution in [0.5, 0.6) is 0 Å². The van der Waals surface area contributed by atoms with E-state index in [1.165, 1.54) is 22.1 Å². The van der Waals surface area contributed by atoms with Gasteiger partial charge in [-0.15, -0.1) is 0 Å². The molecule has 3 unspecified atom stereocenters. The third-order valence-electron chi connectivity index (χ3n) is 3.81. The summed E-state index contributed by atoms with van der Waals surface area (Å²) in [6.45, 7) is -0.607. The lowest BCUT2D eigenvalue weighted by Gasteiger charge is -2.25. The first kappa shape index (κ1) is 17.5. The molecule has 5 N–H and O–H groups in total. The van der Waals surface area contributed by atoms with Crippen molar-refractivity contribution in [3.8, 4) is 0 Å². The Morgan fingerprint density at radius 3 is 2.71 bits per heavy atom. The van der Waals surface area contributed by atoms with Crippen molar-refractivity contribution < 1.29 is 38.9 Å². The van der Waals surface area contributed by atoms with Gasteiger partial charge in [0.1, 0.15) is 24.0 Å². The highest BCUT2D eigenvalue weighted by molar-refractivity contribution is 7.46. The molecule has 0 radical (unpaired) electrons. The van der Waals surface area contributed by atoms with Crippen LogP contribution in [-0.4, -0.2) is 77.9 Å². The summed E-state index contributed by atoms with van der Waals surface area (Å²) in [6, 6.07) is 0. The van der Waals surface area contributed by atoms with E-state index in [1.807, 2.05) is 0 Å². The summed E-state index contributed by atoms with van der Waals surface area (Å²) in [6.07, 6.45) is -3.45. The molecule has 0 amide bonds. The molecule has 1 saturated heterocycles. The molecule has 0 aromatic carbocycles. The Bertz CT molecular complexity index is 690. The van der Waals surface area contributed by atoms with E-state index in [2.05, 4.69) is 14.5 Å². The lowest BCUT2D eigenvalue weighted by molar-refractivity contribution is -0.0514. The maximum absolute atomic E-state index is 10.8. The van der Waals surface area contributed by atoms with Crippen LogP contribution >= 0.6 is 7.82 Å². The van der Waals surface area contributed by atoms with Gasteiger partial charge in [-0.2, -0.15) is 0 Å². The van der Waals surface area contributed by atoms with E-state index >= 15 is 0 Å². The number of imidazole rings is 1. The van der Waals surface area contributed by atoms with Crippen molar-refractivity contribution >= 4 is 20.0 Å². The molecule has 1 aromatic heterocycles. The van der Waals surface area contributed by atoms with E-state index in [0.717, 1.165) is 0 Å². The molecule has 134 valence electrons. The highest BCUT2D eigenvalue weighted by atomic mass is 31.2. The highest BCUT2D eigenvalue weighted by Gasteiger charge is 2.45. The van der Waals surface area contributed by atoms with Gasteiger partial charge in [0, 0.05) is 7.05 Å². The van der Waals surface area contributed by atoms with E-state index in [0.29, 0.717) is 0 Å². The first-order chi connectivity index (χ1) is 11.2. The van der Waals surface area contributed by atoms with Crippen LogP contribution < -0.4 is 0 Å². The zero-order valence-corrected chi connectivity index (χ0v) is 13.3. The van der Waals surface area contributed by atoms with Gasteiger partial charge in [0.2, 0.25) is 0 Å². The van der Waals surface area contributed by atoms with Crippen molar-refractivity contribution in [2.75, 3.05) is 13.7 Å². The van der Waals surface area contributed by atoms with Gasteiger partial charge in [-0.05, 0) is 0 Å². The summed E-state index contributed by atoms with van der Waals surface area (Å²) in [5.74, 6) is 0.244. The minimum atomic E-state index is -4.73. The Morgan fingerprint density at radius 1 is 1.33 bits per heavy atom. The van der Waals surface area contributed by atoms with Crippen LogP contribution in [0.15, 0.2) is 11.3 Å². The van der Waals surface area contributed by atoms with Crippen LogP contribution in [0.25, 0.3) is 0 Å². The van der Waals surface area contributed by atoms with E-state index < -0.39 is 45.2 Å². The molecule has 0 saturated carbocycles. The molecule has 2 aliphatic heterocycles. The smallest absolute Gasteiger partial charge is 0.387 e. The summed E-state index contributed by atoms with van der Waals surface area (Å²) in [5, 5.41) is 30.2. The maximum Gasteiger partial charge on any atom is 0.469 e. The topological polar surface area (TPSA) is 170 Å². The molecule has 12 nitrogen and oxygen atoms in total. The predicted molar refractivity (Wildman–Crippen MR) is 77.0 cm³/mol. The molecule has 0 aliphatic carbocycles. The largest absolute Gasteiger partial charge is 0.469 e. The zero-order valence-electron chi connectivity index (χ0n) is 12.4. The normalized spacial score (nSPS) is 33.1. The van der Waals surface area contributed by atoms with E-state index in [4.69, 9.17) is 14.5 Å². The molecular weight excluding hydrogens is 347 g/mol. The molecule has 3 heterocycles. The Morgan fingerprint density at radius 2 is 2.04 bits per heavy atom. The number of phosphoric acid groups is 1. The van der Waals surface area contributed by atoms with Gasteiger partial charge in [0.05, 0.1) is 19.3 Å². The molecule has 0 bridgehead atoms. The van der Waals surface area contributed by atoms with Gasteiger partial charge in [-0.1, -0.05) is 0 Å². The molecule has 24 heavy (non-hydrogen) atoms. The quantitative estimate of drug-likeness (QED) is 0.384. The summed E-state index contributed by atoms with van der Waals surface area (Å²) in [4.78, 5) is 27.0. The number of aliphatic hydroxyl groups is 3. The zero-order chi connectivity index (χ0) is 17.6. The third kappa shape index (κ3) is 3.10. The fourth-order valence-electron chi connectivity index (χ4n) is 2.54. The monoisotopic (exact) mass is 364 g/mol. The van der Waals surface area contributed by atoms with Gasteiger partial charge in [-0.3, -0.25) is 9.09 Å². The van der Waals surface area contributed by atoms with Gasteiger partial charge >= 0.3 is 7.82 Å². The van der Waals surface area contributed by atoms with Crippen LogP contribution in [0.4, 0.5) is 5.82 Å². The Labute approximate surface area is 135 Å². The van der Waals surface area contributed by atoms with Crippen molar-refractivity contribution in [2.24, 2.45) is 4.99 Å². The van der Waals surface area contributed by atoms with Crippen molar-refractivity contribution in [1.82, 2.24) is 14.5 Å². The summed E-state index contributed by atoms with van der Waals surface area (Å²) >= 11 is 0. The van der Waals surface area contributed by atoms with Gasteiger partial charge in [-0.25, -0.2) is 14.5 Å². The number of hydrogen-bond acceptors (Lipinski definition) is 9. The summed E-state index contributed by atoms with van der Waals surface area (Å²) in [7, 11) is -3.12. The standard InChI is InChI=1S/C11H17N4O8P/c1-14-3-13-9-6(10(14)18)12-4-15(9)11-8(17)7(16)5(23-11)2-22-24(19,20)21/h3-5,7-8,10-11,16-18H,2H2,1H3,(H2,19,20,21)/t5-,7?,8?,10?,11-/m1/s1. The van der Waals surface area contributed by atoms with Gasteiger partial charge < -0.3 is 34.7 Å². The van der Waals surface area contributed by atoms with Crippen LogP contribution in [0, 0.1) is 0 Å². The van der Waals surface area contributed by atoms with Crippen LogP contribution in [0.3, 0.4) is 0 Å². The first-order valence-corrected chi connectivity index (χ1v) is 8.44. The average molecular weight is 364 g/mol. The van der Waals surface area contributed by atoms with Gasteiger partial charge in [0.15, 0.2) is 18.3 Å². The lowest BCUT2D eigenvalue weighted by atomic mass is 10.1. The number of aromatic nitrogens is 2. The average Bonchev–Trinajstić information content (AvgIpc) is 3.04. The molecule has 2 aliphatic rings. The molecular formula is C11H17N4O8P. The van der Waals surface area contributed by atoms with Crippen molar-refractivity contribution in [1.29, 1.82) is 0 Å². The van der Waals surface area contributed by atoms with Crippen molar-refractivity contribution in [3.05, 3.63) is 12.0 Å².